The van der Waals surface area contributed by atoms with E-state index in [1.54, 1.807) is 12.1 Å². The van der Waals surface area contributed by atoms with Crippen LogP contribution in [0, 0.1) is 10.1 Å². The average molecular weight is 272 g/mol. The zero-order valence-corrected chi connectivity index (χ0v) is 11.4. The Bertz CT molecular complexity index is 639. The number of ether oxygens (including phenoxy) is 1. The normalized spacial score (nSPS) is 10.6. The summed E-state index contributed by atoms with van der Waals surface area (Å²) in [5.74, 6) is 1.06. The Labute approximate surface area is 117 Å². The van der Waals surface area contributed by atoms with Gasteiger partial charge in [-0.25, -0.2) is 0 Å². The number of nitrogens with zero attached hydrogens (tertiary/aromatic N) is 1. The maximum absolute atomic E-state index is 11.1. The van der Waals surface area contributed by atoms with Gasteiger partial charge in [0.2, 0.25) is 5.75 Å². The van der Waals surface area contributed by atoms with Crippen molar-refractivity contribution >= 4 is 11.4 Å². The lowest BCUT2D eigenvalue weighted by Crippen LogP contribution is -1.98. The van der Waals surface area contributed by atoms with Crippen molar-refractivity contribution in [2.45, 2.75) is 19.8 Å². The van der Waals surface area contributed by atoms with Gasteiger partial charge >= 0.3 is 5.69 Å². The van der Waals surface area contributed by atoms with Gasteiger partial charge in [-0.1, -0.05) is 32.0 Å². The zero-order chi connectivity index (χ0) is 14.7. The van der Waals surface area contributed by atoms with Gasteiger partial charge in [-0.05, 0) is 35.7 Å². The summed E-state index contributed by atoms with van der Waals surface area (Å²) in [5.41, 5.74) is 6.62. The van der Waals surface area contributed by atoms with Gasteiger partial charge in [-0.15, -0.1) is 0 Å². The lowest BCUT2D eigenvalue weighted by Gasteiger charge is -2.10. The molecule has 0 atom stereocenters. The van der Waals surface area contributed by atoms with Crippen molar-refractivity contribution in [2.75, 3.05) is 5.73 Å². The van der Waals surface area contributed by atoms with Gasteiger partial charge in [0.05, 0.1) is 4.92 Å². The van der Waals surface area contributed by atoms with E-state index in [2.05, 4.69) is 13.8 Å². The highest BCUT2D eigenvalue weighted by atomic mass is 16.6. The number of nitro benzene ring substituents is 1. The molecular weight excluding hydrogens is 256 g/mol. The highest BCUT2D eigenvalue weighted by Gasteiger charge is 2.19. The fourth-order valence-corrected chi connectivity index (χ4v) is 1.88. The zero-order valence-electron chi connectivity index (χ0n) is 11.4. The second kappa shape index (κ2) is 5.61. The molecule has 0 unspecified atom stereocenters. The Kier molecular flexibility index (Phi) is 3.89. The number of rotatable bonds is 4. The molecule has 2 aromatic carbocycles. The molecule has 5 nitrogen and oxygen atoms in total. The van der Waals surface area contributed by atoms with E-state index in [4.69, 9.17) is 10.5 Å². The van der Waals surface area contributed by atoms with E-state index in [9.17, 15) is 10.1 Å². The van der Waals surface area contributed by atoms with Crippen LogP contribution in [-0.4, -0.2) is 4.92 Å². The lowest BCUT2D eigenvalue weighted by atomic mass is 10.0. The number of nitro groups is 1. The first kappa shape index (κ1) is 13.9. The fraction of sp³-hybridized carbons (Fsp3) is 0.200. The van der Waals surface area contributed by atoms with E-state index in [-0.39, 0.29) is 17.1 Å². The van der Waals surface area contributed by atoms with Gasteiger partial charge < -0.3 is 10.5 Å². The second-order valence-corrected chi connectivity index (χ2v) is 4.78. The first-order chi connectivity index (χ1) is 9.49. The van der Waals surface area contributed by atoms with Crippen LogP contribution in [0.2, 0.25) is 0 Å². The van der Waals surface area contributed by atoms with Crippen molar-refractivity contribution in [3.63, 3.8) is 0 Å². The van der Waals surface area contributed by atoms with E-state index >= 15 is 0 Å². The molecule has 0 heterocycles. The molecule has 0 amide bonds. The molecule has 0 fully saturated rings. The van der Waals surface area contributed by atoms with Crippen molar-refractivity contribution in [3.05, 3.63) is 58.1 Å². The average Bonchev–Trinajstić information content (AvgIpc) is 2.38. The smallest absolute Gasteiger partial charge is 0.334 e. The predicted octanol–water partition coefficient (Wildman–Crippen LogP) is 4.09. The number of nitrogen functional groups attached to an aromatic ring is 1. The lowest BCUT2D eigenvalue weighted by molar-refractivity contribution is -0.384. The third kappa shape index (κ3) is 2.88. The standard InChI is InChI=1S/C15H16N2O3/c1-10(2)11-5-3-6-12(9-11)20-14-8-4-7-13(16)15(14)17(18)19/h3-10H,16H2,1-2H3. The van der Waals surface area contributed by atoms with Gasteiger partial charge in [0, 0.05) is 0 Å². The molecular formula is C15H16N2O3. The minimum Gasteiger partial charge on any atom is -0.450 e. The topological polar surface area (TPSA) is 78.4 Å². The van der Waals surface area contributed by atoms with Gasteiger partial charge in [0.15, 0.2) is 0 Å². The summed E-state index contributed by atoms with van der Waals surface area (Å²) in [4.78, 5) is 10.5. The maximum Gasteiger partial charge on any atom is 0.334 e. The fourth-order valence-electron chi connectivity index (χ4n) is 1.88. The van der Waals surface area contributed by atoms with E-state index in [1.807, 2.05) is 18.2 Å². The summed E-state index contributed by atoms with van der Waals surface area (Å²) >= 11 is 0. The number of benzene rings is 2. The van der Waals surface area contributed by atoms with Gasteiger partial charge in [0.25, 0.3) is 0 Å². The number of hydrogen-bond donors (Lipinski definition) is 1. The molecule has 0 radical (unpaired) electrons. The third-order valence-electron chi connectivity index (χ3n) is 2.97. The molecule has 2 aromatic rings. The van der Waals surface area contributed by atoms with Crippen LogP contribution in [0.1, 0.15) is 25.3 Å². The van der Waals surface area contributed by atoms with Gasteiger partial charge in [0.1, 0.15) is 11.4 Å². The highest BCUT2D eigenvalue weighted by Crippen LogP contribution is 2.36. The van der Waals surface area contributed by atoms with Crippen LogP contribution in [0.4, 0.5) is 11.4 Å². The minimum absolute atomic E-state index is 0.0903. The largest absolute Gasteiger partial charge is 0.450 e. The second-order valence-electron chi connectivity index (χ2n) is 4.78. The number of nitrogens with two attached hydrogens (primary N) is 1. The Morgan fingerprint density at radius 1 is 1.20 bits per heavy atom. The quantitative estimate of drug-likeness (QED) is 0.516. The summed E-state index contributed by atoms with van der Waals surface area (Å²) in [6.07, 6.45) is 0. The Hall–Kier alpha value is -2.56. The van der Waals surface area contributed by atoms with Crippen molar-refractivity contribution in [1.82, 2.24) is 0 Å². The molecule has 0 saturated heterocycles. The van der Waals surface area contributed by atoms with Gasteiger partial charge in [-0.3, -0.25) is 10.1 Å². The maximum atomic E-state index is 11.1. The molecule has 2 rings (SSSR count). The number of hydrogen-bond acceptors (Lipinski definition) is 4. The first-order valence-corrected chi connectivity index (χ1v) is 6.29. The van der Waals surface area contributed by atoms with Crippen molar-refractivity contribution in [3.8, 4) is 11.5 Å². The minimum atomic E-state index is -0.531. The molecule has 0 aliphatic rings. The Morgan fingerprint density at radius 3 is 2.55 bits per heavy atom. The van der Waals surface area contributed by atoms with E-state index in [0.29, 0.717) is 11.7 Å². The first-order valence-electron chi connectivity index (χ1n) is 6.29. The predicted molar refractivity (Wildman–Crippen MR) is 78.1 cm³/mol. The van der Waals surface area contributed by atoms with Crippen molar-refractivity contribution < 1.29 is 9.66 Å². The number of para-hydroxylation sites is 1. The molecule has 0 aromatic heterocycles. The Morgan fingerprint density at radius 2 is 1.90 bits per heavy atom. The highest BCUT2D eigenvalue weighted by molar-refractivity contribution is 5.66. The molecule has 0 aliphatic carbocycles. The van der Waals surface area contributed by atoms with Crippen molar-refractivity contribution in [1.29, 1.82) is 0 Å². The molecule has 2 N–H and O–H groups in total. The molecule has 0 saturated carbocycles. The summed E-state index contributed by atoms with van der Waals surface area (Å²) in [5, 5.41) is 11.1. The summed E-state index contributed by atoms with van der Waals surface area (Å²) in [6.45, 7) is 4.14. The molecule has 20 heavy (non-hydrogen) atoms. The summed E-state index contributed by atoms with van der Waals surface area (Å²) < 4.78 is 5.62. The Balaban J connectivity index is 2.38. The van der Waals surface area contributed by atoms with Crippen LogP contribution < -0.4 is 10.5 Å². The molecule has 0 aliphatic heterocycles. The van der Waals surface area contributed by atoms with Crippen LogP contribution in [0.25, 0.3) is 0 Å². The van der Waals surface area contributed by atoms with Crippen LogP contribution in [0.15, 0.2) is 42.5 Å². The van der Waals surface area contributed by atoms with Crippen LogP contribution >= 0.6 is 0 Å². The summed E-state index contributed by atoms with van der Waals surface area (Å²) in [6, 6.07) is 12.1. The molecule has 104 valence electrons. The van der Waals surface area contributed by atoms with E-state index in [0.717, 1.165) is 5.56 Å². The SMILES string of the molecule is CC(C)c1cccc(Oc2cccc(N)c2[N+](=O)[O-])c1. The van der Waals surface area contributed by atoms with E-state index < -0.39 is 4.92 Å². The van der Waals surface area contributed by atoms with Crippen molar-refractivity contribution in [2.24, 2.45) is 0 Å². The molecule has 0 bridgehead atoms. The number of anilines is 1. The molecule has 5 heteroatoms. The molecule has 0 spiro atoms. The van der Waals surface area contributed by atoms with Gasteiger partial charge in [-0.2, -0.15) is 0 Å². The van der Waals surface area contributed by atoms with E-state index in [1.165, 1.54) is 12.1 Å². The third-order valence-corrected chi connectivity index (χ3v) is 2.97. The summed E-state index contributed by atoms with van der Waals surface area (Å²) in [7, 11) is 0. The van der Waals surface area contributed by atoms with Crippen LogP contribution in [-0.2, 0) is 0 Å². The van der Waals surface area contributed by atoms with Crippen LogP contribution in [0.3, 0.4) is 0 Å². The monoisotopic (exact) mass is 272 g/mol. The van der Waals surface area contributed by atoms with Crippen LogP contribution in [0.5, 0.6) is 11.5 Å².